The lowest BCUT2D eigenvalue weighted by molar-refractivity contribution is -0.137. The molecule has 2 aromatic carbocycles. The molecule has 1 aliphatic rings. The van der Waals surface area contributed by atoms with E-state index in [1.165, 1.54) is 6.07 Å². The molecule has 3 nitrogen and oxygen atoms in total. The van der Waals surface area contributed by atoms with Crippen LogP contribution in [0.15, 0.2) is 36.4 Å². The van der Waals surface area contributed by atoms with E-state index in [1.807, 2.05) is 0 Å². The number of nitrogens with two attached hydrogens (primary N) is 1. The van der Waals surface area contributed by atoms with E-state index in [9.17, 15) is 13.2 Å². The molecule has 122 valence electrons. The summed E-state index contributed by atoms with van der Waals surface area (Å²) in [7, 11) is 0. The van der Waals surface area contributed by atoms with Gasteiger partial charge in [0.1, 0.15) is 12.7 Å². The maximum Gasteiger partial charge on any atom is 0.416 e. The van der Waals surface area contributed by atoms with Gasteiger partial charge in [-0.1, -0.05) is 18.2 Å². The molecule has 1 aliphatic heterocycles. The quantitative estimate of drug-likeness (QED) is 0.915. The molecule has 0 saturated heterocycles. The summed E-state index contributed by atoms with van der Waals surface area (Å²) in [4.78, 5) is 0. The van der Waals surface area contributed by atoms with Crippen molar-refractivity contribution in [2.45, 2.75) is 19.2 Å². The Bertz CT molecular complexity index is 728. The molecular weight excluding hydrogens is 307 g/mol. The van der Waals surface area contributed by atoms with E-state index in [0.717, 1.165) is 12.1 Å². The Morgan fingerprint density at radius 3 is 2.61 bits per heavy atom. The average Bonchev–Trinajstić information content (AvgIpc) is 2.53. The summed E-state index contributed by atoms with van der Waals surface area (Å²) in [5, 5.41) is 0. The molecule has 0 radical (unpaired) electrons. The molecule has 6 heteroatoms. The van der Waals surface area contributed by atoms with Crippen molar-refractivity contribution in [3.05, 3.63) is 47.5 Å². The summed E-state index contributed by atoms with van der Waals surface area (Å²) >= 11 is 0. The fourth-order valence-corrected chi connectivity index (χ4v) is 2.60. The van der Waals surface area contributed by atoms with E-state index in [1.54, 1.807) is 25.1 Å². The third-order valence-electron chi connectivity index (χ3n) is 3.79. The van der Waals surface area contributed by atoms with Gasteiger partial charge in [0, 0.05) is 12.1 Å². The summed E-state index contributed by atoms with van der Waals surface area (Å²) in [6.07, 6.45) is -4.62. The normalized spacial score (nSPS) is 17.2. The first-order valence-electron chi connectivity index (χ1n) is 7.21. The Balaban J connectivity index is 2.06. The van der Waals surface area contributed by atoms with Gasteiger partial charge in [-0.05, 0) is 36.2 Å². The zero-order chi connectivity index (χ0) is 16.6. The van der Waals surface area contributed by atoms with E-state index >= 15 is 0 Å². The highest BCUT2D eigenvalue weighted by molar-refractivity contribution is 5.76. The first-order valence-corrected chi connectivity index (χ1v) is 7.21. The van der Waals surface area contributed by atoms with Crippen LogP contribution in [0.25, 0.3) is 11.1 Å². The number of alkyl halides is 3. The van der Waals surface area contributed by atoms with Crippen LogP contribution in [-0.4, -0.2) is 19.3 Å². The standard InChI is InChI=1S/C17H16F3NO2/c1-10-7-11(17(18,19)20)5-6-13(10)14-3-2-4-15-16(14)23-12(8-21)9-22-15/h2-7,12H,8-9,21H2,1H3/t12-/m0/s1. The topological polar surface area (TPSA) is 44.5 Å². The highest BCUT2D eigenvalue weighted by Crippen LogP contribution is 2.42. The van der Waals surface area contributed by atoms with Crippen LogP contribution in [-0.2, 0) is 6.18 Å². The molecule has 0 spiro atoms. The number of benzene rings is 2. The van der Waals surface area contributed by atoms with Crippen LogP contribution in [0.2, 0.25) is 0 Å². The molecular formula is C17H16F3NO2. The van der Waals surface area contributed by atoms with Crippen LogP contribution in [0.4, 0.5) is 13.2 Å². The van der Waals surface area contributed by atoms with Gasteiger partial charge in [0.15, 0.2) is 11.5 Å². The van der Waals surface area contributed by atoms with Gasteiger partial charge in [-0.15, -0.1) is 0 Å². The summed E-state index contributed by atoms with van der Waals surface area (Å²) in [6, 6.07) is 9.03. The van der Waals surface area contributed by atoms with Crippen molar-refractivity contribution >= 4 is 0 Å². The predicted octanol–water partition coefficient (Wildman–Crippen LogP) is 3.78. The number of hydrogen-bond acceptors (Lipinski definition) is 3. The van der Waals surface area contributed by atoms with Gasteiger partial charge in [0.2, 0.25) is 0 Å². The van der Waals surface area contributed by atoms with E-state index in [-0.39, 0.29) is 6.10 Å². The summed E-state index contributed by atoms with van der Waals surface area (Å²) in [6.45, 7) is 2.31. The van der Waals surface area contributed by atoms with Crippen LogP contribution < -0.4 is 15.2 Å². The second-order valence-corrected chi connectivity index (χ2v) is 5.45. The third kappa shape index (κ3) is 2.99. The van der Waals surface area contributed by atoms with Crippen molar-refractivity contribution in [1.29, 1.82) is 0 Å². The monoisotopic (exact) mass is 323 g/mol. The lowest BCUT2D eigenvalue weighted by Crippen LogP contribution is -2.35. The lowest BCUT2D eigenvalue weighted by Gasteiger charge is -2.27. The molecule has 2 aromatic rings. The number of ether oxygens (including phenoxy) is 2. The Labute approximate surface area is 131 Å². The molecule has 2 N–H and O–H groups in total. The number of hydrogen-bond donors (Lipinski definition) is 1. The minimum atomic E-state index is -4.36. The van der Waals surface area contributed by atoms with Crippen molar-refractivity contribution in [2.24, 2.45) is 5.73 Å². The van der Waals surface area contributed by atoms with Gasteiger partial charge < -0.3 is 15.2 Å². The maximum atomic E-state index is 12.8. The van der Waals surface area contributed by atoms with Crippen LogP contribution in [0.3, 0.4) is 0 Å². The highest BCUT2D eigenvalue weighted by Gasteiger charge is 2.31. The largest absolute Gasteiger partial charge is 0.486 e. The van der Waals surface area contributed by atoms with E-state index < -0.39 is 11.7 Å². The van der Waals surface area contributed by atoms with Crippen molar-refractivity contribution in [3.8, 4) is 22.6 Å². The fourth-order valence-electron chi connectivity index (χ4n) is 2.60. The first kappa shape index (κ1) is 15.7. The van der Waals surface area contributed by atoms with Gasteiger partial charge in [-0.25, -0.2) is 0 Å². The van der Waals surface area contributed by atoms with Crippen molar-refractivity contribution in [1.82, 2.24) is 0 Å². The van der Waals surface area contributed by atoms with Gasteiger partial charge in [-0.3, -0.25) is 0 Å². The van der Waals surface area contributed by atoms with Crippen molar-refractivity contribution in [3.63, 3.8) is 0 Å². The molecule has 0 fully saturated rings. The average molecular weight is 323 g/mol. The Kier molecular flexibility index (Phi) is 3.93. The van der Waals surface area contributed by atoms with Crippen LogP contribution in [0.1, 0.15) is 11.1 Å². The molecule has 0 unspecified atom stereocenters. The molecule has 23 heavy (non-hydrogen) atoms. The summed E-state index contributed by atoms with van der Waals surface area (Å²) in [5.74, 6) is 1.10. The van der Waals surface area contributed by atoms with E-state index in [0.29, 0.717) is 41.3 Å². The molecule has 1 atom stereocenters. The Morgan fingerprint density at radius 2 is 1.96 bits per heavy atom. The molecule has 0 aliphatic carbocycles. The second-order valence-electron chi connectivity index (χ2n) is 5.45. The van der Waals surface area contributed by atoms with Gasteiger partial charge >= 0.3 is 6.18 Å². The maximum absolute atomic E-state index is 12.8. The number of para-hydroxylation sites is 1. The SMILES string of the molecule is Cc1cc(C(F)(F)F)ccc1-c1cccc2c1O[C@@H](CN)CO2. The minimum Gasteiger partial charge on any atom is -0.486 e. The van der Waals surface area contributed by atoms with Gasteiger partial charge in [0.25, 0.3) is 0 Å². The zero-order valence-corrected chi connectivity index (χ0v) is 12.5. The molecule has 0 aromatic heterocycles. The first-order chi connectivity index (χ1) is 10.9. The van der Waals surface area contributed by atoms with Crippen LogP contribution >= 0.6 is 0 Å². The highest BCUT2D eigenvalue weighted by atomic mass is 19.4. The fraction of sp³-hybridized carbons (Fsp3) is 0.294. The minimum absolute atomic E-state index is 0.265. The van der Waals surface area contributed by atoms with Gasteiger partial charge in [0.05, 0.1) is 5.56 Å². The molecule has 0 bridgehead atoms. The molecule has 0 saturated carbocycles. The smallest absolute Gasteiger partial charge is 0.416 e. The number of halogens is 3. The molecule has 3 rings (SSSR count). The molecule has 1 heterocycles. The summed E-state index contributed by atoms with van der Waals surface area (Å²) in [5.41, 5.74) is 6.85. The van der Waals surface area contributed by atoms with E-state index in [2.05, 4.69) is 0 Å². The predicted molar refractivity (Wildman–Crippen MR) is 80.6 cm³/mol. The second kappa shape index (κ2) is 5.77. The van der Waals surface area contributed by atoms with E-state index in [4.69, 9.17) is 15.2 Å². The Hall–Kier alpha value is -2.21. The van der Waals surface area contributed by atoms with Crippen molar-refractivity contribution in [2.75, 3.05) is 13.2 Å². The van der Waals surface area contributed by atoms with Crippen LogP contribution in [0, 0.1) is 6.92 Å². The lowest BCUT2D eigenvalue weighted by atomic mass is 9.97. The number of aryl methyl sites for hydroxylation is 1. The number of fused-ring (bicyclic) bond motifs is 1. The molecule has 0 amide bonds. The van der Waals surface area contributed by atoms with Crippen molar-refractivity contribution < 1.29 is 22.6 Å². The zero-order valence-electron chi connectivity index (χ0n) is 12.5. The number of rotatable bonds is 2. The van der Waals surface area contributed by atoms with Gasteiger partial charge in [-0.2, -0.15) is 13.2 Å². The summed E-state index contributed by atoms with van der Waals surface area (Å²) < 4.78 is 49.9. The van der Waals surface area contributed by atoms with Crippen LogP contribution in [0.5, 0.6) is 11.5 Å². The Morgan fingerprint density at radius 1 is 1.17 bits per heavy atom. The third-order valence-corrected chi connectivity index (χ3v) is 3.79.